The third-order valence-electron chi connectivity index (χ3n) is 4.35. The molecule has 0 unspecified atom stereocenters. The molecule has 1 fully saturated rings. The Labute approximate surface area is 138 Å². The monoisotopic (exact) mass is 342 g/mol. The van der Waals surface area contributed by atoms with E-state index in [4.69, 9.17) is 5.73 Å². The van der Waals surface area contributed by atoms with Crippen molar-refractivity contribution < 1.29 is 22.8 Å². The van der Waals surface area contributed by atoms with E-state index >= 15 is 0 Å². The van der Waals surface area contributed by atoms with Gasteiger partial charge in [0.1, 0.15) is 6.04 Å². The van der Waals surface area contributed by atoms with Crippen LogP contribution in [0.15, 0.2) is 24.3 Å². The molecule has 0 heterocycles. The summed E-state index contributed by atoms with van der Waals surface area (Å²) in [5, 5.41) is 2.60. The van der Waals surface area contributed by atoms with Crippen LogP contribution in [-0.4, -0.2) is 17.9 Å². The number of nitrogens with two attached hydrogens (primary N) is 1. The number of nitrogens with one attached hydrogen (secondary N) is 1. The van der Waals surface area contributed by atoms with Crippen LogP contribution in [0.2, 0.25) is 0 Å². The summed E-state index contributed by atoms with van der Waals surface area (Å²) < 4.78 is 37.6. The van der Waals surface area contributed by atoms with Gasteiger partial charge in [-0.2, -0.15) is 13.2 Å². The van der Waals surface area contributed by atoms with Crippen molar-refractivity contribution in [2.24, 2.45) is 11.7 Å². The normalized spacial score (nSPS) is 16.8. The maximum absolute atomic E-state index is 12.5. The standard InChI is InChI=1S/C17H21F3N2O2/c18-17(19,20)13-7-5-12(6-8-13)9-14(16(21)24)22-15(23)10-11-3-1-2-4-11/h5-8,11,14H,1-4,9-10H2,(H2,21,24)(H,22,23)/t14-/m1/s1. The van der Waals surface area contributed by atoms with Gasteiger partial charge in [0.05, 0.1) is 5.56 Å². The fraction of sp³-hybridized carbons (Fsp3) is 0.529. The summed E-state index contributed by atoms with van der Waals surface area (Å²) in [7, 11) is 0. The van der Waals surface area contributed by atoms with E-state index < -0.39 is 23.7 Å². The lowest BCUT2D eigenvalue weighted by atomic mass is 10.0. The Morgan fingerprint density at radius 2 is 1.75 bits per heavy atom. The minimum Gasteiger partial charge on any atom is -0.368 e. The number of rotatable bonds is 6. The molecule has 0 radical (unpaired) electrons. The summed E-state index contributed by atoms with van der Waals surface area (Å²) in [5.41, 5.74) is 5.06. The number of hydrogen-bond donors (Lipinski definition) is 2. The second-order valence-electron chi connectivity index (χ2n) is 6.28. The van der Waals surface area contributed by atoms with Gasteiger partial charge in [-0.05, 0) is 36.5 Å². The highest BCUT2D eigenvalue weighted by molar-refractivity contribution is 5.86. The number of primary amides is 1. The topological polar surface area (TPSA) is 72.2 Å². The Balaban J connectivity index is 1.95. The third kappa shape index (κ3) is 5.25. The van der Waals surface area contributed by atoms with Crippen molar-refractivity contribution in [2.75, 3.05) is 0 Å². The quantitative estimate of drug-likeness (QED) is 0.834. The van der Waals surface area contributed by atoms with Crippen molar-refractivity contribution in [1.82, 2.24) is 5.32 Å². The lowest BCUT2D eigenvalue weighted by molar-refractivity contribution is -0.137. The highest BCUT2D eigenvalue weighted by atomic mass is 19.4. The molecule has 0 aromatic heterocycles. The van der Waals surface area contributed by atoms with E-state index in [1.165, 1.54) is 12.1 Å². The molecule has 1 aromatic rings. The molecule has 3 N–H and O–H groups in total. The Morgan fingerprint density at radius 1 is 1.17 bits per heavy atom. The average Bonchev–Trinajstić information content (AvgIpc) is 2.99. The largest absolute Gasteiger partial charge is 0.416 e. The predicted molar refractivity (Wildman–Crippen MR) is 82.8 cm³/mol. The van der Waals surface area contributed by atoms with Gasteiger partial charge >= 0.3 is 6.18 Å². The Morgan fingerprint density at radius 3 is 2.25 bits per heavy atom. The molecule has 24 heavy (non-hydrogen) atoms. The van der Waals surface area contributed by atoms with Crippen molar-refractivity contribution in [3.8, 4) is 0 Å². The first-order valence-corrected chi connectivity index (χ1v) is 8.00. The van der Waals surface area contributed by atoms with Gasteiger partial charge < -0.3 is 11.1 Å². The molecule has 2 amide bonds. The molecule has 132 valence electrons. The number of carbonyl (C=O) groups excluding carboxylic acids is 2. The summed E-state index contributed by atoms with van der Waals surface area (Å²) >= 11 is 0. The van der Waals surface area contributed by atoms with Crippen molar-refractivity contribution in [2.45, 2.75) is 50.7 Å². The molecule has 2 rings (SSSR count). The van der Waals surface area contributed by atoms with Gasteiger partial charge in [-0.25, -0.2) is 0 Å². The fourth-order valence-electron chi connectivity index (χ4n) is 3.02. The van der Waals surface area contributed by atoms with Gasteiger partial charge in [-0.3, -0.25) is 9.59 Å². The van der Waals surface area contributed by atoms with Crippen LogP contribution in [0.4, 0.5) is 13.2 Å². The van der Waals surface area contributed by atoms with E-state index in [0.717, 1.165) is 37.8 Å². The van der Waals surface area contributed by atoms with Gasteiger partial charge in [-0.1, -0.05) is 25.0 Å². The Bertz CT molecular complexity index is 578. The lowest BCUT2D eigenvalue weighted by Gasteiger charge is -2.17. The molecule has 1 saturated carbocycles. The summed E-state index contributed by atoms with van der Waals surface area (Å²) in [6, 6.07) is 3.57. The van der Waals surface area contributed by atoms with Gasteiger partial charge in [0.15, 0.2) is 0 Å². The number of carbonyl (C=O) groups is 2. The fourth-order valence-corrected chi connectivity index (χ4v) is 3.02. The SMILES string of the molecule is NC(=O)[C@@H](Cc1ccc(C(F)(F)F)cc1)NC(=O)CC1CCCC1. The van der Waals surface area contributed by atoms with E-state index in [1.807, 2.05) is 0 Å². The highest BCUT2D eigenvalue weighted by Crippen LogP contribution is 2.29. The zero-order valence-electron chi connectivity index (χ0n) is 13.2. The minimum absolute atomic E-state index is 0.0733. The van der Waals surface area contributed by atoms with E-state index in [-0.39, 0.29) is 12.3 Å². The minimum atomic E-state index is -4.41. The molecule has 0 spiro atoms. The van der Waals surface area contributed by atoms with Crippen LogP contribution in [0.3, 0.4) is 0 Å². The van der Waals surface area contributed by atoms with Gasteiger partial charge in [0.2, 0.25) is 11.8 Å². The van der Waals surface area contributed by atoms with Crippen LogP contribution in [0, 0.1) is 5.92 Å². The first-order valence-electron chi connectivity index (χ1n) is 8.00. The van der Waals surface area contributed by atoms with E-state index in [2.05, 4.69) is 5.32 Å². The number of amides is 2. The lowest BCUT2D eigenvalue weighted by Crippen LogP contribution is -2.46. The Kier molecular flexibility index (Phi) is 5.85. The molecule has 4 nitrogen and oxygen atoms in total. The summed E-state index contributed by atoms with van der Waals surface area (Å²) in [5.74, 6) is -0.600. The van der Waals surface area contributed by atoms with E-state index in [0.29, 0.717) is 17.9 Å². The van der Waals surface area contributed by atoms with Crippen molar-refractivity contribution >= 4 is 11.8 Å². The summed E-state index contributed by atoms with van der Waals surface area (Å²) in [6.07, 6.45) is 0.268. The molecule has 1 aliphatic rings. The van der Waals surface area contributed by atoms with Crippen LogP contribution in [0.5, 0.6) is 0 Å². The van der Waals surface area contributed by atoms with Crippen LogP contribution in [0.1, 0.15) is 43.2 Å². The van der Waals surface area contributed by atoms with E-state index in [1.54, 1.807) is 0 Å². The van der Waals surface area contributed by atoms with Gasteiger partial charge in [-0.15, -0.1) is 0 Å². The molecule has 0 saturated heterocycles. The van der Waals surface area contributed by atoms with Crippen molar-refractivity contribution in [3.05, 3.63) is 35.4 Å². The second kappa shape index (κ2) is 7.68. The highest BCUT2D eigenvalue weighted by Gasteiger charge is 2.30. The molecular formula is C17H21F3N2O2. The summed E-state index contributed by atoms with van der Waals surface area (Å²) in [6.45, 7) is 0. The number of benzene rings is 1. The molecule has 1 aliphatic carbocycles. The Hall–Kier alpha value is -2.05. The van der Waals surface area contributed by atoms with Crippen LogP contribution < -0.4 is 11.1 Å². The summed E-state index contributed by atoms with van der Waals surface area (Å²) in [4.78, 5) is 23.6. The van der Waals surface area contributed by atoms with Gasteiger partial charge in [0.25, 0.3) is 0 Å². The number of halogens is 3. The third-order valence-corrected chi connectivity index (χ3v) is 4.35. The maximum Gasteiger partial charge on any atom is 0.416 e. The first kappa shape index (κ1) is 18.3. The van der Waals surface area contributed by atoms with Crippen LogP contribution in [-0.2, 0) is 22.2 Å². The number of hydrogen-bond acceptors (Lipinski definition) is 2. The molecular weight excluding hydrogens is 321 g/mol. The smallest absolute Gasteiger partial charge is 0.368 e. The molecule has 0 aliphatic heterocycles. The molecule has 0 bridgehead atoms. The second-order valence-corrected chi connectivity index (χ2v) is 6.28. The van der Waals surface area contributed by atoms with Crippen LogP contribution in [0.25, 0.3) is 0 Å². The zero-order valence-corrected chi connectivity index (χ0v) is 13.2. The maximum atomic E-state index is 12.5. The first-order chi connectivity index (χ1) is 11.3. The van der Waals surface area contributed by atoms with Gasteiger partial charge in [0, 0.05) is 12.8 Å². The van der Waals surface area contributed by atoms with Crippen LogP contribution >= 0.6 is 0 Å². The molecule has 7 heteroatoms. The number of alkyl halides is 3. The molecule has 1 aromatic carbocycles. The average molecular weight is 342 g/mol. The molecule has 1 atom stereocenters. The van der Waals surface area contributed by atoms with Crippen molar-refractivity contribution in [3.63, 3.8) is 0 Å². The van der Waals surface area contributed by atoms with E-state index in [9.17, 15) is 22.8 Å². The predicted octanol–water partition coefficient (Wildman–Crippen LogP) is 2.80. The van der Waals surface area contributed by atoms with Crippen molar-refractivity contribution in [1.29, 1.82) is 0 Å². The zero-order chi connectivity index (χ0) is 17.7.